The SMILES string of the molecule is CC12CCC(=O)C=C1CCC1C2[C@@H](O)CC2(C)C1CC[C@]2(O)C(=O)COS(C)(=O)=O. The molecule has 0 aliphatic heterocycles. The first kappa shape index (κ1) is 22.1. The highest BCUT2D eigenvalue weighted by atomic mass is 32.2. The fourth-order valence-corrected chi connectivity index (χ4v) is 7.75. The molecule has 2 N–H and O–H groups in total. The van der Waals surface area contributed by atoms with Gasteiger partial charge >= 0.3 is 0 Å². The molecule has 8 heteroatoms. The molecule has 5 unspecified atom stereocenters. The van der Waals surface area contributed by atoms with Crippen LogP contribution in [0.15, 0.2) is 11.6 Å². The lowest BCUT2D eigenvalue weighted by atomic mass is 9.45. The first-order valence-electron chi connectivity index (χ1n) is 10.8. The standard InChI is InChI=1S/C22H32O7S/c1-20-8-6-14(23)10-13(20)4-5-15-16-7-9-22(26,18(25)12-29-30(3,27)28)21(16,2)11-17(24)19(15)20/h10,15-17,19,24,26H,4-9,11-12H2,1-3H3/t15?,16?,17-,19?,20?,21?,22-/m0/s1. The van der Waals surface area contributed by atoms with Crippen LogP contribution >= 0.6 is 0 Å². The Bertz CT molecular complexity index is 908. The molecule has 7 nitrogen and oxygen atoms in total. The summed E-state index contributed by atoms with van der Waals surface area (Å²) < 4.78 is 27.3. The first-order chi connectivity index (χ1) is 13.8. The van der Waals surface area contributed by atoms with Crippen LogP contribution in [0.25, 0.3) is 0 Å². The molecule has 30 heavy (non-hydrogen) atoms. The van der Waals surface area contributed by atoms with Gasteiger partial charge in [0, 0.05) is 11.8 Å². The van der Waals surface area contributed by atoms with Crippen LogP contribution in [0.4, 0.5) is 0 Å². The van der Waals surface area contributed by atoms with E-state index in [9.17, 15) is 28.2 Å². The van der Waals surface area contributed by atoms with Gasteiger partial charge in [0.2, 0.25) is 0 Å². The molecule has 0 radical (unpaired) electrons. The second-order valence-corrected chi connectivity index (χ2v) is 12.0. The Morgan fingerprint density at radius 1 is 1.23 bits per heavy atom. The lowest BCUT2D eigenvalue weighted by Gasteiger charge is -2.60. The number of hydrogen-bond acceptors (Lipinski definition) is 7. The van der Waals surface area contributed by atoms with Gasteiger partial charge in [0.1, 0.15) is 12.2 Å². The quantitative estimate of drug-likeness (QED) is 0.640. The van der Waals surface area contributed by atoms with Crippen molar-refractivity contribution < 1.29 is 32.4 Å². The summed E-state index contributed by atoms with van der Waals surface area (Å²) in [5.74, 6) is -0.286. The molecule has 0 aromatic carbocycles. The predicted molar refractivity (Wildman–Crippen MR) is 109 cm³/mol. The zero-order valence-corrected chi connectivity index (χ0v) is 18.7. The number of Topliss-reactive ketones (excluding diaryl/α,β-unsaturated/α-hetero) is 1. The van der Waals surface area contributed by atoms with Gasteiger partial charge in [0.25, 0.3) is 10.1 Å². The number of hydrogen-bond donors (Lipinski definition) is 2. The van der Waals surface area contributed by atoms with Gasteiger partial charge in [0.05, 0.1) is 12.4 Å². The highest BCUT2D eigenvalue weighted by molar-refractivity contribution is 7.86. The molecule has 4 aliphatic carbocycles. The maximum absolute atomic E-state index is 12.9. The molecule has 0 heterocycles. The highest BCUT2D eigenvalue weighted by Gasteiger charge is 2.68. The van der Waals surface area contributed by atoms with E-state index in [1.807, 2.05) is 6.92 Å². The fourth-order valence-electron chi connectivity index (χ4n) is 7.43. The number of fused-ring (bicyclic) bond motifs is 5. The summed E-state index contributed by atoms with van der Waals surface area (Å²) in [5, 5.41) is 22.8. The van der Waals surface area contributed by atoms with Crippen molar-refractivity contribution in [1.29, 1.82) is 0 Å². The smallest absolute Gasteiger partial charge is 0.264 e. The number of ketones is 2. The van der Waals surface area contributed by atoms with Crippen LogP contribution in [0, 0.1) is 28.6 Å². The largest absolute Gasteiger partial charge is 0.393 e. The molecule has 3 fully saturated rings. The molecule has 168 valence electrons. The Balaban J connectivity index is 1.65. The predicted octanol–water partition coefficient (Wildman–Crippen LogP) is 1.77. The molecule has 4 aliphatic rings. The van der Waals surface area contributed by atoms with E-state index in [1.165, 1.54) is 0 Å². The number of carbonyl (C=O) groups excluding carboxylic acids is 2. The summed E-state index contributed by atoms with van der Waals surface area (Å²) in [6, 6.07) is 0. The second kappa shape index (κ2) is 6.95. The van der Waals surface area contributed by atoms with Gasteiger partial charge in [-0.05, 0) is 67.8 Å². The van der Waals surface area contributed by atoms with E-state index in [4.69, 9.17) is 0 Å². The minimum atomic E-state index is -3.80. The van der Waals surface area contributed by atoms with Gasteiger partial charge in [-0.15, -0.1) is 0 Å². The Morgan fingerprint density at radius 2 is 1.93 bits per heavy atom. The summed E-state index contributed by atoms with van der Waals surface area (Å²) in [6.45, 7) is 3.33. The lowest BCUT2D eigenvalue weighted by molar-refractivity contribution is -0.181. The molecule has 0 spiro atoms. The topological polar surface area (TPSA) is 118 Å². The van der Waals surface area contributed by atoms with Crippen molar-refractivity contribution in [2.45, 2.75) is 70.5 Å². The Labute approximate surface area is 178 Å². The van der Waals surface area contributed by atoms with Crippen molar-refractivity contribution in [2.75, 3.05) is 12.9 Å². The monoisotopic (exact) mass is 440 g/mol. The summed E-state index contributed by atoms with van der Waals surface area (Å²) >= 11 is 0. The Kier molecular flexibility index (Phi) is 5.13. The molecular weight excluding hydrogens is 408 g/mol. The van der Waals surface area contributed by atoms with E-state index < -0.39 is 39.6 Å². The number of carbonyl (C=O) groups is 2. The minimum absolute atomic E-state index is 0.00611. The fraction of sp³-hybridized carbons (Fsp3) is 0.818. The first-order valence-corrected chi connectivity index (χ1v) is 12.7. The van der Waals surface area contributed by atoms with Crippen molar-refractivity contribution in [1.82, 2.24) is 0 Å². The van der Waals surface area contributed by atoms with Gasteiger partial charge < -0.3 is 10.2 Å². The van der Waals surface area contributed by atoms with Crippen molar-refractivity contribution in [3.05, 3.63) is 11.6 Å². The summed E-state index contributed by atoms with van der Waals surface area (Å²) in [6.07, 6.45) is 5.95. The summed E-state index contributed by atoms with van der Waals surface area (Å²) in [5.41, 5.74) is -1.66. The number of aliphatic hydroxyl groups is 2. The molecule has 0 aromatic heterocycles. The van der Waals surface area contributed by atoms with Gasteiger partial charge in [-0.1, -0.05) is 19.4 Å². The maximum Gasteiger partial charge on any atom is 0.264 e. The average molecular weight is 441 g/mol. The molecule has 0 bridgehead atoms. The van der Waals surface area contributed by atoms with Crippen LogP contribution in [0.3, 0.4) is 0 Å². The van der Waals surface area contributed by atoms with Crippen molar-refractivity contribution in [3.63, 3.8) is 0 Å². The maximum atomic E-state index is 12.9. The average Bonchev–Trinajstić information content (AvgIpc) is 2.91. The third kappa shape index (κ3) is 3.14. The molecule has 7 atom stereocenters. The number of allylic oxidation sites excluding steroid dienone is 1. The Morgan fingerprint density at radius 3 is 2.60 bits per heavy atom. The zero-order chi connectivity index (χ0) is 22.1. The van der Waals surface area contributed by atoms with Gasteiger partial charge in [-0.2, -0.15) is 8.42 Å². The van der Waals surface area contributed by atoms with E-state index in [0.717, 1.165) is 31.1 Å². The molecule has 0 amide bonds. The van der Waals surface area contributed by atoms with Crippen LogP contribution in [-0.2, 0) is 23.9 Å². The van der Waals surface area contributed by atoms with Gasteiger partial charge in [-0.25, -0.2) is 0 Å². The third-order valence-electron chi connectivity index (χ3n) is 8.91. The van der Waals surface area contributed by atoms with E-state index in [-0.39, 0.29) is 41.8 Å². The van der Waals surface area contributed by atoms with Gasteiger partial charge in [-0.3, -0.25) is 13.8 Å². The number of rotatable bonds is 4. The lowest BCUT2D eigenvalue weighted by Crippen LogP contribution is -2.62. The van der Waals surface area contributed by atoms with Crippen LogP contribution < -0.4 is 0 Å². The molecule has 0 aromatic rings. The second-order valence-electron chi connectivity index (χ2n) is 10.4. The molecule has 4 rings (SSSR count). The summed E-state index contributed by atoms with van der Waals surface area (Å²) in [7, 11) is -3.80. The molecular formula is C22H32O7S. The summed E-state index contributed by atoms with van der Waals surface area (Å²) in [4.78, 5) is 24.9. The van der Waals surface area contributed by atoms with Crippen molar-refractivity contribution in [3.8, 4) is 0 Å². The molecule has 0 saturated heterocycles. The van der Waals surface area contributed by atoms with Gasteiger partial charge in [0.15, 0.2) is 11.6 Å². The highest BCUT2D eigenvalue weighted by Crippen LogP contribution is 2.67. The third-order valence-corrected chi connectivity index (χ3v) is 9.46. The molecule has 3 saturated carbocycles. The van der Waals surface area contributed by atoms with Crippen LogP contribution in [0.1, 0.15) is 58.8 Å². The normalized spacial score (nSPS) is 45.9. The minimum Gasteiger partial charge on any atom is -0.393 e. The Hall–Kier alpha value is -1.09. The van der Waals surface area contributed by atoms with Crippen LogP contribution in [0.5, 0.6) is 0 Å². The van der Waals surface area contributed by atoms with Crippen molar-refractivity contribution >= 4 is 21.7 Å². The van der Waals surface area contributed by atoms with E-state index in [2.05, 4.69) is 11.1 Å². The zero-order valence-electron chi connectivity index (χ0n) is 17.9. The number of aliphatic hydroxyl groups excluding tert-OH is 1. The van der Waals surface area contributed by atoms with Crippen molar-refractivity contribution in [2.24, 2.45) is 28.6 Å². The van der Waals surface area contributed by atoms with E-state index in [0.29, 0.717) is 12.8 Å². The van der Waals surface area contributed by atoms with E-state index in [1.54, 1.807) is 6.08 Å². The van der Waals surface area contributed by atoms with Crippen LogP contribution in [0.2, 0.25) is 0 Å². The van der Waals surface area contributed by atoms with Crippen LogP contribution in [-0.4, -0.2) is 54.8 Å². The van der Waals surface area contributed by atoms with E-state index >= 15 is 0 Å².